The molecule has 14 heavy (non-hydrogen) atoms. The maximum absolute atomic E-state index is 10.1. The Morgan fingerprint density at radius 3 is 2.29 bits per heavy atom. The van der Waals surface area contributed by atoms with Gasteiger partial charge < -0.3 is 10.8 Å². The zero-order chi connectivity index (χ0) is 11.0. The van der Waals surface area contributed by atoms with Crippen LogP contribution in [0.4, 0.5) is 0 Å². The lowest BCUT2D eigenvalue weighted by atomic mass is 10.4. The summed E-state index contributed by atoms with van der Waals surface area (Å²) in [6, 6.07) is 4.76. The maximum Gasteiger partial charge on any atom is 0.354 e. The molecule has 1 aromatic heterocycles. The van der Waals surface area contributed by atoms with E-state index in [1.165, 1.54) is 12.3 Å². The Balaban J connectivity index is 0.000000292. The number of rotatable bonds is 2. The van der Waals surface area contributed by atoms with Gasteiger partial charge in [0.2, 0.25) is 5.91 Å². The third kappa shape index (κ3) is 5.70. The number of aromatic nitrogens is 1. The third-order valence-electron chi connectivity index (χ3n) is 1.23. The first-order chi connectivity index (χ1) is 6.57. The summed E-state index contributed by atoms with van der Waals surface area (Å²) in [5, 5.41) is 8.32. The zero-order valence-electron chi connectivity index (χ0n) is 7.80. The summed E-state index contributed by atoms with van der Waals surface area (Å²) in [6.45, 7) is 1.72. The zero-order valence-corrected chi connectivity index (χ0v) is 7.80. The molecule has 0 unspecified atom stereocenters. The predicted octanol–water partition coefficient (Wildman–Crippen LogP) is 0.661. The van der Waals surface area contributed by atoms with E-state index < -0.39 is 5.97 Å². The SMILES string of the molecule is CCC(N)=O.O=C(O)c1ccccn1. The van der Waals surface area contributed by atoms with Crippen LogP contribution in [-0.4, -0.2) is 22.0 Å². The van der Waals surface area contributed by atoms with Crippen molar-refractivity contribution < 1.29 is 14.7 Å². The van der Waals surface area contributed by atoms with Gasteiger partial charge in [-0.25, -0.2) is 9.78 Å². The highest BCUT2D eigenvalue weighted by molar-refractivity contribution is 5.85. The normalized spacial score (nSPS) is 8.36. The van der Waals surface area contributed by atoms with Gasteiger partial charge in [-0.2, -0.15) is 0 Å². The molecular formula is C9H12N2O3. The molecule has 0 aliphatic rings. The number of hydrogen-bond donors (Lipinski definition) is 2. The lowest BCUT2D eigenvalue weighted by Gasteiger charge is -1.87. The molecule has 1 rings (SSSR count). The number of carboxylic acid groups (broad SMARTS) is 1. The van der Waals surface area contributed by atoms with Crippen molar-refractivity contribution >= 4 is 11.9 Å². The van der Waals surface area contributed by atoms with Gasteiger partial charge in [-0.3, -0.25) is 4.79 Å². The molecule has 0 fully saturated rings. The topological polar surface area (TPSA) is 93.3 Å². The lowest BCUT2D eigenvalue weighted by molar-refractivity contribution is -0.117. The molecule has 1 aromatic rings. The van der Waals surface area contributed by atoms with Crippen molar-refractivity contribution in [3.05, 3.63) is 30.1 Å². The first-order valence-corrected chi connectivity index (χ1v) is 4.00. The van der Waals surface area contributed by atoms with Crippen molar-refractivity contribution in [2.45, 2.75) is 13.3 Å². The Morgan fingerprint density at radius 1 is 1.50 bits per heavy atom. The Morgan fingerprint density at radius 2 is 2.07 bits per heavy atom. The van der Waals surface area contributed by atoms with E-state index in [9.17, 15) is 9.59 Å². The van der Waals surface area contributed by atoms with E-state index >= 15 is 0 Å². The quantitative estimate of drug-likeness (QED) is 0.726. The van der Waals surface area contributed by atoms with Gasteiger partial charge in [0.15, 0.2) is 0 Å². The second kappa shape index (κ2) is 6.59. The largest absolute Gasteiger partial charge is 0.477 e. The highest BCUT2D eigenvalue weighted by Crippen LogP contribution is 1.90. The second-order valence-electron chi connectivity index (χ2n) is 2.34. The molecule has 0 aliphatic heterocycles. The first kappa shape index (κ1) is 12.1. The molecule has 76 valence electrons. The molecule has 5 nitrogen and oxygen atoms in total. The summed E-state index contributed by atoms with van der Waals surface area (Å²) >= 11 is 0. The molecule has 0 atom stereocenters. The molecule has 0 spiro atoms. The number of primary amides is 1. The number of carbonyl (C=O) groups is 2. The Hall–Kier alpha value is -1.91. The number of carbonyl (C=O) groups excluding carboxylic acids is 1. The molecule has 0 radical (unpaired) electrons. The molecule has 5 heteroatoms. The highest BCUT2D eigenvalue weighted by atomic mass is 16.4. The molecular weight excluding hydrogens is 184 g/mol. The first-order valence-electron chi connectivity index (χ1n) is 4.00. The second-order valence-corrected chi connectivity index (χ2v) is 2.34. The number of carboxylic acids is 1. The van der Waals surface area contributed by atoms with E-state index in [1.807, 2.05) is 0 Å². The van der Waals surface area contributed by atoms with Crippen LogP contribution in [0.2, 0.25) is 0 Å². The fraction of sp³-hybridized carbons (Fsp3) is 0.222. The average molecular weight is 196 g/mol. The number of hydrogen-bond acceptors (Lipinski definition) is 3. The summed E-state index contributed by atoms with van der Waals surface area (Å²) in [5.74, 6) is -1.24. The molecule has 0 bridgehead atoms. The Labute approximate surface area is 81.6 Å². The summed E-state index contributed by atoms with van der Waals surface area (Å²) in [7, 11) is 0. The van der Waals surface area contributed by atoms with Gasteiger partial charge >= 0.3 is 5.97 Å². The van der Waals surface area contributed by atoms with Gasteiger partial charge in [0, 0.05) is 12.6 Å². The monoisotopic (exact) mass is 196 g/mol. The number of pyridine rings is 1. The summed E-state index contributed by atoms with van der Waals surface area (Å²) in [4.78, 5) is 23.3. The van der Waals surface area contributed by atoms with Crippen molar-refractivity contribution in [3.8, 4) is 0 Å². The minimum Gasteiger partial charge on any atom is -0.477 e. The maximum atomic E-state index is 10.1. The van der Waals surface area contributed by atoms with Crippen molar-refractivity contribution in [3.63, 3.8) is 0 Å². The van der Waals surface area contributed by atoms with E-state index in [1.54, 1.807) is 19.1 Å². The molecule has 0 aliphatic carbocycles. The fourth-order valence-corrected chi connectivity index (χ4v) is 0.489. The van der Waals surface area contributed by atoms with Crippen molar-refractivity contribution in [1.29, 1.82) is 0 Å². The highest BCUT2D eigenvalue weighted by Gasteiger charge is 1.98. The molecule has 1 heterocycles. The third-order valence-corrected chi connectivity index (χ3v) is 1.23. The average Bonchev–Trinajstić information content (AvgIpc) is 2.20. The lowest BCUT2D eigenvalue weighted by Crippen LogP contribution is -2.06. The van der Waals surface area contributed by atoms with Crippen molar-refractivity contribution in [2.24, 2.45) is 5.73 Å². The van der Waals surface area contributed by atoms with E-state index in [0.717, 1.165) is 0 Å². The van der Waals surface area contributed by atoms with E-state index in [2.05, 4.69) is 10.7 Å². The molecule has 1 amide bonds. The van der Waals surface area contributed by atoms with Crippen LogP contribution in [-0.2, 0) is 4.79 Å². The van der Waals surface area contributed by atoms with E-state index in [-0.39, 0.29) is 11.6 Å². The van der Waals surface area contributed by atoms with Crippen LogP contribution in [0.15, 0.2) is 24.4 Å². The van der Waals surface area contributed by atoms with Gasteiger partial charge in [0.25, 0.3) is 0 Å². The van der Waals surface area contributed by atoms with Crippen LogP contribution in [0.5, 0.6) is 0 Å². The minimum absolute atomic E-state index is 0.0810. The standard InChI is InChI=1S/C6H5NO2.C3H7NO/c8-6(9)5-3-1-2-4-7-5;1-2-3(4)5/h1-4H,(H,8,9);2H2,1H3,(H2,4,5). The molecule has 0 aromatic carbocycles. The fourth-order valence-electron chi connectivity index (χ4n) is 0.489. The summed E-state index contributed by atoms with van der Waals surface area (Å²) < 4.78 is 0. The molecule has 3 N–H and O–H groups in total. The predicted molar refractivity (Wildman–Crippen MR) is 50.7 cm³/mol. The minimum atomic E-state index is -0.990. The van der Waals surface area contributed by atoms with Crippen LogP contribution < -0.4 is 5.73 Å². The van der Waals surface area contributed by atoms with E-state index in [4.69, 9.17) is 5.11 Å². The Bertz CT molecular complexity index is 298. The van der Waals surface area contributed by atoms with Crippen molar-refractivity contribution in [2.75, 3.05) is 0 Å². The molecule has 0 saturated carbocycles. The summed E-state index contributed by atoms with van der Waals surface area (Å²) in [6.07, 6.45) is 1.89. The number of aromatic carboxylic acids is 1. The van der Waals surface area contributed by atoms with Gasteiger partial charge in [-0.15, -0.1) is 0 Å². The van der Waals surface area contributed by atoms with Crippen LogP contribution in [0, 0.1) is 0 Å². The number of amides is 1. The van der Waals surface area contributed by atoms with Crippen LogP contribution in [0.1, 0.15) is 23.8 Å². The van der Waals surface area contributed by atoms with Gasteiger partial charge in [-0.1, -0.05) is 13.0 Å². The van der Waals surface area contributed by atoms with E-state index in [0.29, 0.717) is 6.42 Å². The number of nitrogens with zero attached hydrogens (tertiary/aromatic N) is 1. The summed E-state index contributed by atoms with van der Waals surface area (Å²) in [5.41, 5.74) is 4.73. The number of nitrogens with two attached hydrogens (primary N) is 1. The van der Waals surface area contributed by atoms with Crippen LogP contribution >= 0.6 is 0 Å². The van der Waals surface area contributed by atoms with Crippen LogP contribution in [0.25, 0.3) is 0 Å². The molecule has 0 saturated heterocycles. The van der Waals surface area contributed by atoms with Gasteiger partial charge in [-0.05, 0) is 12.1 Å². The van der Waals surface area contributed by atoms with Crippen LogP contribution in [0.3, 0.4) is 0 Å². The van der Waals surface area contributed by atoms with Crippen molar-refractivity contribution in [1.82, 2.24) is 4.98 Å². The van der Waals surface area contributed by atoms with Gasteiger partial charge in [0.05, 0.1) is 0 Å². The smallest absolute Gasteiger partial charge is 0.354 e. The Kier molecular flexibility index (Phi) is 5.69. The van der Waals surface area contributed by atoms with Gasteiger partial charge in [0.1, 0.15) is 5.69 Å².